The Morgan fingerprint density at radius 1 is 1.31 bits per heavy atom. The lowest BCUT2D eigenvalue weighted by atomic mass is 9.97. The first kappa shape index (κ1) is 11.9. The first-order valence-corrected chi connectivity index (χ1v) is 5.85. The molecule has 1 saturated heterocycles. The molecule has 0 radical (unpaired) electrons. The van der Waals surface area contributed by atoms with Gasteiger partial charge in [0.25, 0.3) is 0 Å². The molecule has 0 aliphatic carbocycles. The van der Waals surface area contributed by atoms with Gasteiger partial charge in [0.2, 0.25) is 0 Å². The maximum Gasteiger partial charge on any atom is 0.416 e. The molecule has 0 amide bonds. The highest BCUT2D eigenvalue weighted by Crippen LogP contribution is 2.35. The Labute approximate surface area is 100 Å². The summed E-state index contributed by atoms with van der Waals surface area (Å²) in [6.07, 6.45) is -3.29. The minimum atomic E-state index is -4.27. The van der Waals surface area contributed by atoms with Gasteiger partial charge in [-0.05, 0) is 36.6 Å². The normalized spacial score (nSPS) is 21.4. The maximum atomic E-state index is 12.4. The van der Waals surface area contributed by atoms with Gasteiger partial charge in [0.1, 0.15) is 0 Å². The molecule has 1 aromatic rings. The lowest BCUT2D eigenvalue weighted by molar-refractivity contribution is -0.137. The van der Waals surface area contributed by atoms with Crippen LogP contribution >= 0.6 is 15.9 Å². The van der Waals surface area contributed by atoms with E-state index >= 15 is 0 Å². The van der Waals surface area contributed by atoms with Crippen molar-refractivity contribution in [2.24, 2.45) is 0 Å². The van der Waals surface area contributed by atoms with Crippen LogP contribution < -0.4 is 5.32 Å². The summed E-state index contributed by atoms with van der Waals surface area (Å²) in [5.41, 5.74) is 0.354. The molecule has 1 aliphatic rings. The van der Waals surface area contributed by atoms with Gasteiger partial charge in [-0.3, -0.25) is 0 Å². The number of hydrogen-bond donors (Lipinski definition) is 1. The molecule has 1 N–H and O–H groups in total. The van der Waals surface area contributed by atoms with Gasteiger partial charge in [0, 0.05) is 11.0 Å². The Hall–Kier alpha value is -0.550. The second-order valence-corrected chi connectivity index (χ2v) is 4.78. The first-order chi connectivity index (χ1) is 7.48. The molecule has 0 spiro atoms. The Morgan fingerprint density at radius 3 is 2.56 bits per heavy atom. The first-order valence-electron chi connectivity index (χ1n) is 5.06. The van der Waals surface area contributed by atoms with E-state index in [1.165, 1.54) is 0 Å². The molecule has 1 unspecified atom stereocenters. The van der Waals surface area contributed by atoms with Gasteiger partial charge in [-0.25, -0.2) is 0 Å². The lowest BCUT2D eigenvalue weighted by Crippen LogP contribution is -2.09. The van der Waals surface area contributed by atoms with Gasteiger partial charge >= 0.3 is 6.18 Å². The van der Waals surface area contributed by atoms with Crippen molar-refractivity contribution in [3.63, 3.8) is 0 Å². The Bertz CT molecular complexity index is 383. The predicted octanol–water partition coefficient (Wildman–Crippen LogP) is 3.54. The zero-order chi connectivity index (χ0) is 11.8. The largest absolute Gasteiger partial charge is 0.416 e. The number of hydrogen-bond acceptors (Lipinski definition) is 1. The van der Waals surface area contributed by atoms with E-state index in [1.54, 1.807) is 6.07 Å². The van der Waals surface area contributed by atoms with Gasteiger partial charge in [0.15, 0.2) is 0 Å². The fourth-order valence-corrected chi connectivity index (χ4v) is 2.66. The summed E-state index contributed by atoms with van der Waals surface area (Å²) in [6.45, 7) is 1.77. The summed E-state index contributed by atoms with van der Waals surface area (Å²) in [5, 5.41) is 3.20. The van der Waals surface area contributed by atoms with Gasteiger partial charge in [-0.1, -0.05) is 22.0 Å². The van der Waals surface area contributed by atoms with Crippen LogP contribution in [0.3, 0.4) is 0 Å². The van der Waals surface area contributed by atoms with Crippen LogP contribution in [0.1, 0.15) is 23.5 Å². The summed E-state index contributed by atoms with van der Waals surface area (Å²) in [5.74, 6) is 0.316. The molecule has 1 aromatic carbocycles. The molecule has 2 rings (SSSR count). The summed E-state index contributed by atoms with van der Waals surface area (Å²) in [7, 11) is 0. The van der Waals surface area contributed by atoms with Crippen LogP contribution in [-0.2, 0) is 6.18 Å². The Morgan fingerprint density at radius 2 is 2.06 bits per heavy atom. The third kappa shape index (κ3) is 2.40. The van der Waals surface area contributed by atoms with E-state index in [0.29, 0.717) is 10.4 Å². The van der Waals surface area contributed by atoms with Crippen molar-refractivity contribution in [2.45, 2.75) is 18.5 Å². The van der Waals surface area contributed by atoms with Crippen molar-refractivity contribution in [2.75, 3.05) is 13.1 Å². The highest BCUT2D eigenvalue weighted by atomic mass is 79.9. The van der Waals surface area contributed by atoms with Gasteiger partial charge in [0.05, 0.1) is 5.56 Å². The van der Waals surface area contributed by atoms with Crippen molar-refractivity contribution in [1.82, 2.24) is 5.32 Å². The Balaban J connectivity index is 2.29. The van der Waals surface area contributed by atoms with Crippen LogP contribution in [0.5, 0.6) is 0 Å². The molecular formula is C11H11BrF3N. The molecule has 5 heteroatoms. The Kier molecular flexibility index (Phi) is 3.26. The van der Waals surface area contributed by atoms with Crippen LogP contribution in [0.25, 0.3) is 0 Å². The second-order valence-electron chi connectivity index (χ2n) is 3.92. The molecule has 1 heterocycles. The number of nitrogens with one attached hydrogen (secondary N) is 1. The van der Waals surface area contributed by atoms with Crippen molar-refractivity contribution in [3.05, 3.63) is 33.8 Å². The minimum Gasteiger partial charge on any atom is -0.316 e. The van der Waals surface area contributed by atoms with Crippen LogP contribution in [0.4, 0.5) is 13.2 Å². The number of rotatable bonds is 1. The molecular weight excluding hydrogens is 283 g/mol. The molecule has 1 aliphatic heterocycles. The van der Waals surface area contributed by atoms with Crippen LogP contribution in [0.2, 0.25) is 0 Å². The standard InChI is InChI=1S/C11H11BrF3N/c12-10-5-8(11(13,14)15)1-2-9(10)7-3-4-16-6-7/h1-2,5,7,16H,3-4,6H2. The van der Waals surface area contributed by atoms with E-state index in [1.807, 2.05) is 0 Å². The SMILES string of the molecule is FC(F)(F)c1ccc(C2CCNC2)c(Br)c1. The molecule has 1 nitrogen and oxygen atoms in total. The van der Waals surface area contributed by atoms with Crippen LogP contribution in [0, 0.1) is 0 Å². The van der Waals surface area contributed by atoms with E-state index < -0.39 is 11.7 Å². The predicted molar refractivity (Wildman–Crippen MR) is 59.4 cm³/mol. The number of benzene rings is 1. The summed E-state index contributed by atoms with van der Waals surface area (Å²) in [4.78, 5) is 0. The average Bonchev–Trinajstić information content (AvgIpc) is 2.69. The van der Waals surface area contributed by atoms with Gasteiger partial charge < -0.3 is 5.32 Å². The minimum absolute atomic E-state index is 0.316. The number of alkyl halides is 3. The van der Waals surface area contributed by atoms with E-state index in [4.69, 9.17) is 0 Å². The summed E-state index contributed by atoms with van der Waals surface area (Å²) in [6, 6.07) is 3.89. The lowest BCUT2D eigenvalue weighted by Gasteiger charge is -2.14. The molecule has 1 fully saturated rings. The fraction of sp³-hybridized carbons (Fsp3) is 0.455. The van der Waals surface area contributed by atoms with Crippen LogP contribution in [0.15, 0.2) is 22.7 Å². The molecule has 88 valence electrons. The number of halogens is 4. The van der Waals surface area contributed by atoms with Crippen molar-refractivity contribution in [1.29, 1.82) is 0 Å². The monoisotopic (exact) mass is 293 g/mol. The average molecular weight is 294 g/mol. The quantitative estimate of drug-likeness (QED) is 0.835. The molecule has 1 atom stereocenters. The van der Waals surface area contributed by atoms with E-state index in [-0.39, 0.29) is 0 Å². The van der Waals surface area contributed by atoms with Crippen molar-refractivity contribution >= 4 is 15.9 Å². The smallest absolute Gasteiger partial charge is 0.316 e. The highest BCUT2D eigenvalue weighted by Gasteiger charge is 2.31. The van der Waals surface area contributed by atoms with Gasteiger partial charge in [-0.15, -0.1) is 0 Å². The molecule has 0 saturated carbocycles. The maximum absolute atomic E-state index is 12.4. The second kappa shape index (κ2) is 4.37. The summed E-state index contributed by atoms with van der Waals surface area (Å²) < 4.78 is 37.9. The third-order valence-electron chi connectivity index (χ3n) is 2.83. The molecule has 0 aromatic heterocycles. The fourth-order valence-electron chi connectivity index (χ4n) is 1.95. The van der Waals surface area contributed by atoms with Gasteiger partial charge in [-0.2, -0.15) is 13.2 Å². The van der Waals surface area contributed by atoms with Crippen LogP contribution in [-0.4, -0.2) is 13.1 Å². The third-order valence-corrected chi connectivity index (χ3v) is 3.51. The van der Waals surface area contributed by atoms with E-state index in [0.717, 1.165) is 37.2 Å². The van der Waals surface area contributed by atoms with E-state index in [2.05, 4.69) is 21.2 Å². The zero-order valence-electron chi connectivity index (χ0n) is 8.44. The van der Waals surface area contributed by atoms with Crippen molar-refractivity contribution in [3.8, 4) is 0 Å². The topological polar surface area (TPSA) is 12.0 Å². The van der Waals surface area contributed by atoms with Crippen molar-refractivity contribution < 1.29 is 13.2 Å². The zero-order valence-corrected chi connectivity index (χ0v) is 10.0. The molecule has 0 bridgehead atoms. The molecule has 16 heavy (non-hydrogen) atoms. The summed E-state index contributed by atoms with van der Waals surface area (Å²) >= 11 is 3.22. The van der Waals surface area contributed by atoms with E-state index in [9.17, 15) is 13.2 Å². The highest BCUT2D eigenvalue weighted by molar-refractivity contribution is 9.10.